The summed E-state index contributed by atoms with van der Waals surface area (Å²) in [6, 6.07) is 0. The van der Waals surface area contributed by atoms with Gasteiger partial charge in [0.25, 0.3) is 0 Å². The summed E-state index contributed by atoms with van der Waals surface area (Å²) in [5, 5.41) is 0.942. The van der Waals surface area contributed by atoms with Crippen LogP contribution in [0.15, 0.2) is 0 Å². The molecule has 0 unspecified atom stereocenters. The van der Waals surface area contributed by atoms with E-state index in [0.29, 0.717) is 6.10 Å². The maximum Gasteiger partial charge on any atom is 0.0599 e. The van der Waals surface area contributed by atoms with Crippen LogP contribution >= 0.6 is 15.9 Å². The maximum absolute atomic E-state index is 5.70. The van der Waals surface area contributed by atoms with E-state index in [1.54, 1.807) is 0 Å². The van der Waals surface area contributed by atoms with Crippen LogP contribution in [0.2, 0.25) is 0 Å². The predicted octanol–water partition coefficient (Wildman–Crippen LogP) is 1.90. The summed E-state index contributed by atoms with van der Waals surface area (Å²) in [7, 11) is 0. The Balaban J connectivity index is 2.02. The van der Waals surface area contributed by atoms with E-state index in [0.717, 1.165) is 44.8 Å². The van der Waals surface area contributed by atoms with Crippen molar-refractivity contribution in [3.05, 3.63) is 0 Å². The number of hydrogen-bond acceptors (Lipinski definition) is 3. The van der Waals surface area contributed by atoms with Crippen molar-refractivity contribution in [3.63, 3.8) is 0 Å². The zero-order chi connectivity index (χ0) is 10.9. The average Bonchev–Trinajstić information content (AvgIpc) is 2.28. The molecule has 0 saturated carbocycles. The summed E-state index contributed by atoms with van der Waals surface area (Å²) in [5.41, 5.74) is 0. The highest BCUT2D eigenvalue weighted by molar-refractivity contribution is 9.09. The van der Waals surface area contributed by atoms with Crippen LogP contribution in [0.3, 0.4) is 0 Å². The lowest BCUT2D eigenvalue weighted by Gasteiger charge is -2.31. The normalized spacial score (nSPS) is 19.6. The topological polar surface area (TPSA) is 21.7 Å². The lowest BCUT2D eigenvalue weighted by Crippen LogP contribution is -2.39. The van der Waals surface area contributed by atoms with Crippen molar-refractivity contribution in [2.75, 3.05) is 44.8 Å². The summed E-state index contributed by atoms with van der Waals surface area (Å²) in [6.07, 6.45) is 2.81. The minimum Gasteiger partial charge on any atom is -0.380 e. The van der Waals surface area contributed by atoms with Crippen molar-refractivity contribution >= 4 is 15.9 Å². The molecule has 0 aromatic heterocycles. The Hall–Kier alpha value is 0.360. The summed E-state index contributed by atoms with van der Waals surface area (Å²) in [5.74, 6) is 0. The van der Waals surface area contributed by atoms with Gasteiger partial charge in [-0.3, -0.25) is 0 Å². The Bertz CT molecular complexity index is 150. The Morgan fingerprint density at radius 3 is 2.60 bits per heavy atom. The van der Waals surface area contributed by atoms with Crippen LogP contribution in [0.1, 0.15) is 19.8 Å². The third-order valence-corrected chi connectivity index (χ3v) is 3.05. The number of likely N-dealkylation sites (tertiary alicyclic amines) is 1. The van der Waals surface area contributed by atoms with Gasteiger partial charge in [-0.2, -0.15) is 0 Å². The standard InChI is InChI=1S/C11H22BrNO2/c1-2-14-10-8-13-6-3-11(4-7-13)15-9-5-12/h11H,2-10H2,1H3. The second kappa shape index (κ2) is 8.50. The summed E-state index contributed by atoms with van der Waals surface area (Å²) >= 11 is 3.38. The van der Waals surface area contributed by atoms with Gasteiger partial charge in [-0.05, 0) is 19.8 Å². The van der Waals surface area contributed by atoms with Crippen LogP contribution in [-0.4, -0.2) is 55.8 Å². The second-order valence-corrected chi connectivity index (χ2v) is 4.59. The van der Waals surface area contributed by atoms with E-state index in [4.69, 9.17) is 9.47 Å². The zero-order valence-corrected chi connectivity index (χ0v) is 11.2. The van der Waals surface area contributed by atoms with Gasteiger partial charge >= 0.3 is 0 Å². The third kappa shape index (κ3) is 5.85. The van der Waals surface area contributed by atoms with Crippen molar-refractivity contribution in [1.29, 1.82) is 0 Å². The average molecular weight is 280 g/mol. The maximum atomic E-state index is 5.70. The Kier molecular flexibility index (Phi) is 7.61. The largest absolute Gasteiger partial charge is 0.380 e. The number of nitrogens with zero attached hydrogens (tertiary/aromatic N) is 1. The fourth-order valence-electron chi connectivity index (χ4n) is 1.85. The lowest BCUT2D eigenvalue weighted by atomic mass is 10.1. The smallest absolute Gasteiger partial charge is 0.0599 e. The van der Waals surface area contributed by atoms with E-state index in [1.807, 2.05) is 6.92 Å². The molecular formula is C11H22BrNO2. The molecule has 90 valence electrons. The first-order chi connectivity index (χ1) is 7.36. The molecule has 0 aliphatic carbocycles. The Labute approximate surface area is 101 Å². The number of rotatable bonds is 7. The SMILES string of the molecule is CCOCCN1CCC(OCCBr)CC1. The Morgan fingerprint density at radius 1 is 1.27 bits per heavy atom. The molecule has 1 heterocycles. The third-order valence-electron chi connectivity index (χ3n) is 2.72. The van der Waals surface area contributed by atoms with Crippen LogP contribution in [0.4, 0.5) is 0 Å². The summed E-state index contributed by atoms with van der Waals surface area (Å²) in [4.78, 5) is 2.46. The quantitative estimate of drug-likeness (QED) is 0.525. The first kappa shape index (κ1) is 13.4. The first-order valence-electron chi connectivity index (χ1n) is 5.84. The van der Waals surface area contributed by atoms with Gasteiger partial charge in [0.15, 0.2) is 0 Å². The van der Waals surface area contributed by atoms with Crippen LogP contribution in [0, 0.1) is 0 Å². The van der Waals surface area contributed by atoms with E-state index in [-0.39, 0.29) is 0 Å². The first-order valence-corrected chi connectivity index (χ1v) is 6.96. The molecule has 0 N–H and O–H groups in total. The van der Waals surface area contributed by atoms with Crippen molar-refractivity contribution in [2.24, 2.45) is 0 Å². The number of ether oxygens (including phenoxy) is 2. The molecule has 4 heteroatoms. The minimum atomic E-state index is 0.478. The van der Waals surface area contributed by atoms with E-state index in [1.165, 1.54) is 12.8 Å². The number of piperidine rings is 1. The molecule has 0 aromatic rings. The summed E-state index contributed by atoms with van der Waals surface area (Å²) in [6.45, 7) is 7.94. The van der Waals surface area contributed by atoms with Crippen LogP contribution in [0.5, 0.6) is 0 Å². The van der Waals surface area contributed by atoms with E-state index < -0.39 is 0 Å². The van der Waals surface area contributed by atoms with Crippen molar-refractivity contribution in [1.82, 2.24) is 4.90 Å². The molecule has 3 nitrogen and oxygen atoms in total. The van der Waals surface area contributed by atoms with Gasteiger partial charge in [-0.15, -0.1) is 0 Å². The molecule has 1 fully saturated rings. The molecule has 0 radical (unpaired) electrons. The van der Waals surface area contributed by atoms with Crippen LogP contribution in [0.25, 0.3) is 0 Å². The minimum absolute atomic E-state index is 0.478. The second-order valence-electron chi connectivity index (χ2n) is 3.80. The molecule has 0 aromatic carbocycles. The highest BCUT2D eigenvalue weighted by Gasteiger charge is 2.18. The molecule has 1 rings (SSSR count). The van der Waals surface area contributed by atoms with Crippen molar-refractivity contribution < 1.29 is 9.47 Å². The van der Waals surface area contributed by atoms with Gasteiger partial charge in [0.2, 0.25) is 0 Å². The van der Waals surface area contributed by atoms with Crippen molar-refractivity contribution in [3.8, 4) is 0 Å². The molecule has 1 aliphatic heterocycles. The molecule has 0 bridgehead atoms. The van der Waals surface area contributed by atoms with Gasteiger partial charge < -0.3 is 14.4 Å². The molecular weight excluding hydrogens is 258 g/mol. The molecule has 1 saturated heterocycles. The molecule has 0 atom stereocenters. The van der Waals surface area contributed by atoms with Gasteiger partial charge in [-0.25, -0.2) is 0 Å². The molecule has 15 heavy (non-hydrogen) atoms. The highest BCUT2D eigenvalue weighted by atomic mass is 79.9. The van der Waals surface area contributed by atoms with Gasteiger partial charge in [0.05, 0.1) is 19.3 Å². The highest BCUT2D eigenvalue weighted by Crippen LogP contribution is 2.13. The van der Waals surface area contributed by atoms with E-state index in [2.05, 4.69) is 20.8 Å². The molecule has 0 spiro atoms. The van der Waals surface area contributed by atoms with Gasteiger partial charge in [-0.1, -0.05) is 15.9 Å². The van der Waals surface area contributed by atoms with E-state index in [9.17, 15) is 0 Å². The van der Waals surface area contributed by atoms with Gasteiger partial charge in [0.1, 0.15) is 0 Å². The Morgan fingerprint density at radius 2 is 2.00 bits per heavy atom. The number of hydrogen-bond donors (Lipinski definition) is 0. The zero-order valence-electron chi connectivity index (χ0n) is 9.58. The van der Waals surface area contributed by atoms with Crippen LogP contribution < -0.4 is 0 Å². The van der Waals surface area contributed by atoms with Crippen molar-refractivity contribution in [2.45, 2.75) is 25.9 Å². The lowest BCUT2D eigenvalue weighted by molar-refractivity contribution is 0.00889. The van der Waals surface area contributed by atoms with Crippen LogP contribution in [-0.2, 0) is 9.47 Å². The monoisotopic (exact) mass is 279 g/mol. The molecule has 1 aliphatic rings. The fraction of sp³-hybridized carbons (Fsp3) is 1.00. The van der Waals surface area contributed by atoms with E-state index >= 15 is 0 Å². The fourth-order valence-corrected chi connectivity index (χ4v) is 2.04. The predicted molar refractivity (Wildman–Crippen MR) is 65.7 cm³/mol. The number of halogens is 1. The van der Waals surface area contributed by atoms with Gasteiger partial charge in [0, 0.05) is 31.6 Å². The molecule has 0 amide bonds. The summed E-state index contributed by atoms with van der Waals surface area (Å²) < 4.78 is 11.1. The number of alkyl halides is 1.